The number of rotatable bonds is 4. The molecular formula is C7H15NO2. The molecule has 0 heterocycles. The summed E-state index contributed by atoms with van der Waals surface area (Å²) in [6.07, 6.45) is 1.37. The van der Waals surface area contributed by atoms with Crippen molar-refractivity contribution in [1.82, 2.24) is 4.90 Å². The predicted octanol–water partition coefficient (Wildman–Crippen LogP) is 0.585. The minimum Gasteiger partial charge on any atom is -0.376 e. The second-order valence-electron chi connectivity index (χ2n) is 2.15. The zero-order valence-electron chi connectivity index (χ0n) is 6.63. The molecule has 60 valence electrons. The van der Waals surface area contributed by atoms with E-state index in [4.69, 9.17) is 5.11 Å². The molecule has 0 atom stereocenters. The Hall–Kier alpha value is -0.570. The third-order valence-corrected chi connectivity index (χ3v) is 1.32. The standard InChI is InChI=1S/C7H15NO2/c1-3-5-8(6-9)7(10)4-2/h9H,3-6H2,1-2H3. The van der Waals surface area contributed by atoms with Crippen molar-refractivity contribution in [1.29, 1.82) is 0 Å². The molecular weight excluding hydrogens is 130 g/mol. The normalized spacial score (nSPS) is 9.50. The Bertz CT molecular complexity index is 104. The van der Waals surface area contributed by atoms with Crippen molar-refractivity contribution < 1.29 is 9.90 Å². The molecule has 3 nitrogen and oxygen atoms in total. The van der Waals surface area contributed by atoms with Gasteiger partial charge in [0.2, 0.25) is 5.91 Å². The molecule has 0 bridgehead atoms. The first-order valence-electron chi connectivity index (χ1n) is 3.64. The molecule has 0 aliphatic rings. The van der Waals surface area contributed by atoms with Crippen LogP contribution < -0.4 is 0 Å². The lowest BCUT2D eigenvalue weighted by Crippen LogP contribution is -2.31. The van der Waals surface area contributed by atoms with Gasteiger partial charge in [-0.25, -0.2) is 0 Å². The zero-order chi connectivity index (χ0) is 7.98. The second kappa shape index (κ2) is 5.23. The third-order valence-electron chi connectivity index (χ3n) is 1.32. The van der Waals surface area contributed by atoms with Crippen LogP contribution in [0.25, 0.3) is 0 Å². The van der Waals surface area contributed by atoms with Gasteiger partial charge in [-0.2, -0.15) is 0 Å². The van der Waals surface area contributed by atoms with Gasteiger partial charge in [-0.05, 0) is 6.42 Å². The van der Waals surface area contributed by atoms with Gasteiger partial charge in [0.05, 0.1) is 0 Å². The largest absolute Gasteiger partial charge is 0.376 e. The number of carbonyl (C=O) groups is 1. The van der Waals surface area contributed by atoms with E-state index in [-0.39, 0.29) is 12.6 Å². The Balaban J connectivity index is 3.68. The molecule has 0 aliphatic carbocycles. The molecule has 10 heavy (non-hydrogen) atoms. The maximum Gasteiger partial charge on any atom is 0.224 e. The summed E-state index contributed by atoms with van der Waals surface area (Å²) in [5.74, 6) is 0.0179. The highest BCUT2D eigenvalue weighted by Crippen LogP contribution is 1.93. The highest BCUT2D eigenvalue weighted by molar-refractivity contribution is 5.75. The minimum atomic E-state index is -0.152. The average molecular weight is 145 g/mol. The van der Waals surface area contributed by atoms with Crippen molar-refractivity contribution in [2.75, 3.05) is 13.3 Å². The smallest absolute Gasteiger partial charge is 0.224 e. The maximum absolute atomic E-state index is 10.9. The minimum absolute atomic E-state index is 0.0179. The summed E-state index contributed by atoms with van der Waals surface area (Å²) in [6, 6.07) is 0. The molecule has 1 N–H and O–H groups in total. The molecule has 0 radical (unpaired) electrons. The molecule has 0 rings (SSSR count). The number of hydrogen-bond donors (Lipinski definition) is 1. The molecule has 0 saturated carbocycles. The Morgan fingerprint density at radius 1 is 1.50 bits per heavy atom. The predicted molar refractivity (Wildman–Crippen MR) is 39.4 cm³/mol. The fraction of sp³-hybridized carbons (Fsp3) is 0.857. The summed E-state index contributed by atoms with van der Waals surface area (Å²) in [7, 11) is 0. The van der Waals surface area contributed by atoms with Gasteiger partial charge in [0.1, 0.15) is 6.73 Å². The van der Waals surface area contributed by atoms with E-state index in [0.29, 0.717) is 13.0 Å². The lowest BCUT2D eigenvalue weighted by molar-refractivity contribution is -0.134. The molecule has 0 spiro atoms. The Morgan fingerprint density at radius 3 is 2.40 bits per heavy atom. The molecule has 0 aromatic rings. The molecule has 3 heteroatoms. The van der Waals surface area contributed by atoms with E-state index in [1.54, 1.807) is 6.92 Å². The molecule has 1 amide bonds. The molecule has 0 aromatic carbocycles. The van der Waals surface area contributed by atoms with Gasteiger partial charge in [-0.3, -0.25) is 4.79 Å². The number of amides is 1. The van der Waals surface area contributed by atoms with Crippen molar-refractivity contribution >= 4 is 5.91 Å². The highest BCUT2D eigenvalue weighted by atomic mass is 16.3. The Kier molecular flexibility index (Phi) is 4.94. The third kappa shape index (κ3) is 2.82. The van der Waals surface area contributed by atoms with Crippen LogP contribution in [0, 0.1) is 0 Å². The van der Waals surface area contributed by atoms with Crippen LogP contribution in [0.15, 0.2) is 0 Å². The van der Waals surface area contributed by atoms with Gasteiger partial charge >= 0.3 is 0 Å². The number of aliphatic hydroxyl groups is 1. The quantitative estimate of drug-likeness (QED) is 0.588. The van der Waals surface area contributed by atoms with Crippen LogP contribution in [-0.2, 0) is 4.79 Å². The highest BCUT2D eigenvalue weighted by Gasteiger charge is 2.06. The van der Waals surface area contributed by atoms with Crippen molar-refractivity contribution in [3.63, 3.8) is 0 Å². The summed E-state index contributed by atoms with van der Waals surface area (Å²) in [5.41, 5.74) is 0. The van der Waals surface area contributed by atoms with Crippen LogP contribution in [-0.4, -0.2) is 29.2 Å². The van der Waals surface area contributed by atoms with E-state index >= 15 is 0 Å². The summed E-state index contributed by atoms with van der Waals surface area (Å²) >= 11 is 0. The van der Waals surface area contributed by atoms with Gasteiger partial charge in [0.25, 0.3) is 0 Å². The van der Waals surface area contributed by atoms with Gasteiger partial charge in [-0.1, -0.05) is 13.8 Å². The van der Waals surface area contributed by atoms with Crippen LogP contribution in [0.3, 0.4) is 0 Å². The van der Waals surface area contributed by atoms with Crippen LogP contribution >= 0.6 is 0 Å². The van der Waals surface area contributed by atoms with Gasteiger partial charge < -0.3 is 10.0 Å². The monoisotopic (exact) mass is 145 g/mol. The van der Waals surface area contributed by atoms with E-state index in [0.717, 1.165) is 6.42 Å². The number of nitrogens with zero attached hydrogens (tertiary/aromatic N) is 1. The molecule has 0 aromatic heterocycles. The fourth-order valence-corrected chi connectivity index (χ4v) is 0.768. The Labute approximate surface area is 61.6 Å². The molecule has 0 saturated heterocycles. The SMILES string of the molecule is CCCN(CO)C(=O)CC. The van der Waals surface area contributed by atoms with Crippen molar-refractivity contribution in [3.05, 3.63) is 0 Å². The zero-order valence-corrected chi connectivity index (χ0v) is 6.63. The first kappa shape index (κ1) is 9.43. The summed E-state index contributed by atoms with van der Waals surface area (Å²) in [4.78, 5) is 12.3. The first-order chi connectivity index (χ1) is 4.76. The van der Waals surface area contributed by atoms with Gasteiger partial charge in [-0.15, -0.1) is 0 Å². The Morgan fingerprint density at radius 2 is 2.10 bits per heavy atom. The summed E-state index contributed by atoms with van der Waals surface area (Å²) < 4.78 is 0. The van der Waals surface area contributed by atoms with Crippen molar-refractivity contribution in [3.8, 4) is 0 Å². The number of hydrogen-bond acceptors (Lipinski definition) is 2. The first-order valence-corrected chi connectivity index (χ1v) is 3.64. The second-order valence-corrected chi connectivity index (χ2v) is 2.15. The van der Waals surface area contributed by atoms with E-state index in [2.05, 4.69) is 0 Å². The lowest BCUT2D eigenvalue weighted by Gasteiger charge is -2.17. The van der Waals surface area contributed by atoms with Gasteiger partial charge in [0, 0.05) is 13.0 Å². The number of aliphatic hydroxyl groups excluding tert-OH is 1. The average Bonchev–Trinajstić information content (AvgIpc) is 1.99. The molecule has 0 aliphatic heterocycles. The van der Waals surface area contributed by atoms with E-state index < -0.39 is 0 Å². The van der Waals surface area contributed by atoms with E-state index in [1.165, 1.54) is 4.90 Å². The topological polar surface area (TPSA) is 40.5 Å². The maximum atomic E-state index is 10.9. The van der Waals surface area contributed by atoms with Crippen LogP contribution in [0.5, 0.6) is 0 Å². The van der Waals surface area contributed by atoms with Gasteiger partial charge in [0.15, 0.2) is 0 Å². The van der Waals surface area contributed by atoms with E-state index in [9.17, 15) is 4.79 Å². The van der Waals surface area contributed by atoms with Crippen LogP contribution in [0.1, 0.15) is 26.7 Å². The van der Waals surface area contributed by atoms with Crippen LogP contribution in [0.2, 0.25) is 0 Å². The van der Waals surface area contributed by atoms with E-state index in [1.807, 2.05) is 6.92 Å². The molecule has 0 fully saturated rings. The molecule has 0 unspecified atom stereocenters. The van der Waals surface area contributed by atoms with Crippen molar-refractivity contribution in [2.45, 2.75) is 26.7 Å². The number of carbonyl (C=O) groups excluding carboxylic acids is 1. The summed E-state index contributed by atoms with van der Waals surface area (Å²) in [6.45, 7) is 4.27. The lowest BCUT2D eigenvalue weighted by atomic mass is 10.4. The van der Waals surface area contributed by atoms with Crippen LogP contribution in [0.4, 0.5) is 0 Å². The summed E-state index contributed by atoms with van der Waals surface area (Å²) in [5, 5.41) is 8.66. The van der Waals surface area contributed by atoms with Crippen molar-refractivity contribution in [2.24, 2.45) is 0 Å². The fourth-order valence-electron chi connectivity index (χ4n) is 0.768.